The number of carbonyl (C=O) groups is 1. The molecule has 0 aliphatic carbocycles. The van der Waals surface area contributed by atoms with Gasteiger partial charge in [0.15, 0.2) is 0 Å². The molecule has 0 bridgehead atoms. The van der Waals surface area contributed by atoms with E-state index in [1.54, 1.807) is 29.9 Å². The van der Waals surface area contributed by atoms with E-state index < -0.39 is 6.09 Å². The maximum atomic E-state index is 11.7. The number of benzene rings is 1. The minimum Gasteiger partial charge on any atom is -0.448 e. The molecular formula is C14H13N5O3. The van der Waals surface area contributed by atoms with Crippen LogP contribution < -0.4 is 4.74 Å². The quantitative estimate of drug-likeness (QED) is 0.734. The molecule has 0 atom stereocenters. The molecule has 0 aliphatic heterocycles. The maximum absolute atomic E-state index is 11.7. The SMILES string of the molecule is CCOC(=O)n1nncc1Oc1ccc(-n2cccn2)cc1. The summed E-state index contributed by atoms with van der Waals surface area (Å²) in [7, 11) is 0. The van der Waals surface area contributed by atoms with Gasteiger partial charge in [0.05, 0.1) is 12.3 Å². The third kappa shape index (κ3) is 2.80. The first-order valence-electron chi connectivity index (χ1n) is 6.63. The predicted molar refractivity (Wildman–Crippen MR) is 76.1 cm³/mol. The fourth-order valence-corrected chi connectivity index (χ4v) is 1.82. The summed E-state index contributed by atoms with van der Waals surface area (Å²) >= 11 is 0. The second kappa shape index (κ2) is 6.08. The van der Waals surface area contributed by atoms with Gasteiger partial charge in [0.2, 0.25) is 5.88 Å². The molecule has 1 aromatic carbocycles. The molecule has 112 valence electrons. The Morgan fingerprint density at radius 2 is 2.09 bits per heavy atom. The third-order valence-corrected chi connectivity index (χ3v) is 2.79. The van der Waals surface area contributed by atoms with E-state index >= 15 is 0 Å². The highest BCUT2D eigenvalue weighted by Crippen LogP contribution is 2.21. The molecule has 0 unspecified atom stereocenters. The molecule has 0 saturated heterocycles. The highest BCUT2D eigenvalue weighted by molar-refractivity contribution is 5.70. The lowest BCUT2D eigenvalue weighted by Crippen LogP contribution is -2.16. The van der Waals surface area contributed by atoms with Crippen LogP contribution in [0.25, 0.3) is 5.69 Å². The molecule has 0 amide bonds. The standard InChI is InChI=1S/C14H13N5O3/c1-2-21-14(20)19-13(10-15-17-19)22-12-6-4-11(5-7-12)18-9-3-8-16-18/h3-10H,2H2,1H3. The minimum atomic E-state index is -0.636. The molecule has 0 radical (unpaired) electrons. The molecule has 0 N–H and O–H groups in total. The number of carbonyl (C=O) groups excluding carboxylic acids is 1. The van der Waals surface area contributed by atoms with Crippen LogP contribution in [0.5, 0.6) is 11.6 Å². The van der Waals surface area contributed by atoms with E-state index in [2.05, 4.69) is 15.4 Å². The van der Waals surface area contributed by atoms with Crippen molar-refractivity contribution in [1.82, 2.24) is 24.8 Å². The normalized spacial score (nSPS) is 10.4. The van der Waals surface area contributed by atoms with Gasteiger partial charge in [-0.05, 0) is 37.3 Å². The summed E-state index contributed by atoms with van der Waals surface area (Å²) in [6, 6.07) is 9.06. The Kier molecular flexibility index (Phi) is 3.82. The summed E-state index contributed by atoms with van der Waals surface area (Å²) in [6.07, 6.45) is 4.25. The summed E-state index contributed by atoms with van der Waals surface area (Å²) in [5.41, 5.74) is 0.898. The van der Waals surface area contributed by atoms with Gasteiger partial charge in [-0.2, -0.15) is 5.10 Å². The van der Waals surface area contributed by atoms with Gasteiger partial charge in [-0.3, -0.25) is 0 Å². The molecule has 3 aromatic rings. The van der Waals surface area contributed by atoms with Gasteiger partial charge in [0.1, 0.15) is 11.9 Å². The average Bonchev–Trinajstić information content (AvgIpc) is 3.19. The predicted octanol–water partition coefficient (Wildman–Crippen LogP) is 2.26. The Morgan fingerprint density at radius 1 is 1.27 bits per heavy atom. The van der Waals surface area contributed by atoms with Gasteiger partial charge in [-0.25, -0.2) is 9.48 Å². The van der Waals surface area contributed by atoms with Gasteiger partial charge >= 0.3 is 6.09 Å². The fourth-order valence-electron chi connectivity index (χ4n) is 1.82. The Bertz CT molecular complexity index is 749. The highest BCUT2D eigenvalue weighted by atomic mass is 16.6. The zero-order valence-corrected chi connectivity index (χ0v) is 11.8. The van der Waals surface area contributed by atoms with Gasteiger partial charge in [0.25, 0.3) is 0 Å². The van der Waals surface area contributed by atoms with Crippen LogP contribution in [0.1, 0.15) is 6.92 Å². The van der Waals surface area contributed by atoms with Crippen LogP contribution in [0.3, 0.4) is 0 Å². The zero-order valence-electron chi connectivity index (χ0n) is 11.8. The van der Waals surface area contributed by atoms with Crippen LogP contribution in [0.2, 0.25) is 0 Å². The molecular weight excluding hydrogens is 286 g/mol. The zero-order chi connectivity index (χ0) is 15.4. The second-order valence-corrected chi connectivity index (χ2v) is 4.23. The van der Waals surface area contributed by atoms with Crippen LogP contribution in [0.4, 0.5) is 4.79 Å². The summed E-state index contributed by atoms with van der Waals surface area (Å²) < 4.78 is 13.2. The summed E-state index contributed by atoms with van der Waals surface area (Å²) in [4.78, 5) is 11.7. The molecule has 8 nitrogen and oxygen atoms in total. The van der Waals surface area contributed by atoms with Crippen molar-refractivity contribution in [2.75, 3.05) is 6.61 Å². The van der Waals surface area contributed by atoms with E-state index in [-0.39, 0.29) is 12.5 Å². The van der Waals surface area contributed by atoms with Gasteiger partial charge < -0.3 is 9.47 Å². The summed E-state index contributed by atoms with van der Waals surface area (Å²) in [6.45, 7) is 1.96. The molecule has 8 heteroatoms. The largest absolute Gasteiger partial charge is 0.448 e. The number of hydrogen-bond donors (Lipinski definition) is 0. The molecule has 0 spiro atoms. The van der Waals surface area contributed by atoms with Crippen molar-refractivity contribution in [2.45, 2.75) is 6.92 Å². The maximum Gasteiger partial charge on any atom is 0.439 e. The summed E-state index contributed by atoms with van der Waals surface area (Å²) in [5, 5.41) is 11.4. The van der Waals surface area contributed by atoms with Crippen molar-refractivity contribution in [3.05, 3.63) is 48.9 Å². The number of nitrogens with zero attached hydrogens (tertiary/aromatic N) is 5. The molecule has 2 heterocycles. The van der Waals surface area contributed by atoms with Gasteiger partial charge in [-0.1, -0.05) is 5.21 Å². The van der Waals surface area contributed by atoms with Crippen molar-refractivity contribution >= 4 is 6.09 Å². The van der Waals surface area contributed by atoms with Crippen molar-refractivity contribution in [2.24, 2.45) is 0 Å². The lowest BCUT2D eigenvalue weighted by Gasteiger charge is -2.07. The fraction of sp³-hybridized carbons (Fsp3) is 0.143. The first-order chi connectivity index (χ1) is 10.8. The van der Waals surface area contributed by atoms with E-state index in [4.69, 9.17) is 9.47 Å². The first-order valence-corrected chi connectivity index (χ1v) is 6.63. The van der Waals surface area contributed by atoms with Crippen molar-refractivity contribution < 1.29 is 14.3 Å². The second-order valence-electron chi connectivity index (χ2n) is 4.23. The number of rotatable bonds is 4. The Hall–Kier alpha value is -3.16. The molecule has 0 aliphatic rings. The van der Waals surface area contributed by atoms with Crippen LogP contribution in [0, 0.1) is 0 Å². The van der Waals surface area contributed by atoms with Gasteiger partial charge in [-0.15, -0.1) is 9.78 Å². The van der Waals surface area contributed by atoms with Crippen LogP contribution in [0.15, 0.2) is 48.9 Å². The van der Waals surface area contributed by atoms with Crippen molar-refractivity contribution in [1.29, 1.82) is 0 Å². The average molecular weight is 299 g/mol. The third-order valence-electron chi connectivity index (χ3n) is 2.79. The topological polar surface area (TPSA) is 84.1 Å². The summed E-state index contributed by atoms with van der Waals surface area (Å²) in [5.74, 6) is 0.731. The van der Waals surface area contributed by atoms with E-state index in [9.17, 15) is 4.79 Å². The highest BCUT2D eigenvalue weighted by Gasteiger charge is 2.14. The first kappa shape index (κ1) is 13.8. The molecule has 0 fully saturated rings. The molecule has 22 heavy (non-hydrogen) atoms. The lowest BCUT2D eigenvalue weighted by atomic mass is 10.3. The van der Waals surface area contributed by atoms with Crippen LogP contribution in [-0.4, -0.2) is 37.5 Å². The van der Waals surface area contributed by atoms with E-state index in [1.165, 1.54) is 6.20 Å². The Morgan fingerprint density at radius 3 is 2.77 bits per heavy atom. The van der Waals surface area contributed by atoms with Crippen molar-refractivity contribution in [3.8, 4) is 17.3 Å². The smallest absolute Gasteiger partial charge is 0.439 e. The minimum absolute atomic E-state index is 0.185. The number of ether oxygens (including phenoxy) is 2. The van der Waals surface area contributed by atoms with E-state index in [0.717, 1.165) is 10.4 Å². The Balaban J connectivity index is 1.77. The number of aromatic nitrogens is 5. The molecule has 0 saturated carbocycles. The Labute approximate surface area is 125 Å². The van der Waals surface area contributed by atoms with E-state index in [1.807, 2.05) is 24.4 Å². The lowest BCUT2D eigenvalue weighted by molar-refractivity contribution is 0.147. The molecule has 3 rings (SSSR count). The van der Waals surface area contributed by atoms with Gasteiger partial charge in [0, 0.05) is 12.4 Å². The van der Waals surface area contributed by atoms with E-state index in [0.29, 0.717) is 5.75 Å². The monoisotopic (exact) mass is 299 g/mol. The van der Waals surface area contributed by atoms with Crippen LogP contribution in [-0.2, 0) is 4.74 Å². The number of hydrogen-bond acceptors (Lipinski definition) is 6. The van der Waals surface area contributed by atoms with Crippen molar-refractivity contribution in [3.63, 3.8) is 0 Å². The van der Waals surface area contributed by atoms with Crippen LogP contribution >= 0.6 is 0 Å². The molecule has 2 aromatic heterocycles.